The number of amides is 2. The van der Waals surface area contributed by atoms with Gasteiger partial charge in [-0.05, 0) is 25.5 Å². The standard InChI is InChI=1S/C18H23N5O3/c1-12-21-22-17-7-6-14(11-23(12)17)18(25)19-8-9-26-16-5-3-4-15(10-16)20-13(2)24/h3-5,10,14H,6-9,11H2,1-2H3,(H,19,25)(H,20,24). The Hall–Kier alpha value is -2.90. The molecule has 0 fully saturated rings. The molecule has 138 valence electrons. The zero-order valence-corrected chi connectivity index (χ0v) is 15.0. The summed E-state index contributed by atoms with van der Waals surface area (Å²) in [6.07, 6.45) is 1.55. The van der Waals surface area contributed by atoms with Crippen molar-refractivity contribution in [2.75, 3.05) is 18.5 Å². The third-order valence-corrected chi connectivity index (χ3v) is 4.33. The predicted molar refractivity (Wildman–Crippen MR) is 95.8 cm³/mol. The topological polar surface area (TPSA) is 98.1 Å². The molecule has 1 aromatic heterocycles. The number of benzene rings is 1. The summed E-state index contributed by atoms with van der Waals surface area (Å²) in [6, 6.07) is 7.16. The number of carbonyl (C=O) groups excluding carboxylic acids is 2. The molecule has 2 N–H and O–H groups in total. The number of carbonyl (C=O) groups is 2. The van der Waals surface area contributed by atoms with Crippen LogP contribution in [0, 0.1) is 12.8 Å². The Morgan fingerprint density at radius 2 is 2.19 bits per heavy atom. The summed E-state index contributed by atoms with van der Waals surface area (Å²) >= 11 is 0. The van der Waals surface area contributed by atoms with Crippen LogP contribution in [0.15, 0.2) is 24.3 Å². The van der Waals surface area contributed by atoms with Crippen molar-refractivity contribution in [2.24, 2.45) is 5.92 Å². The highest BCUT2D eigenvalue weighted by Gasteiger charge is 2.26. The van der Waals surface area contributed by atoms with E-state index in [4.69, 9.17) is 4.74 Å². The lowest BCUT2D eigenvalue weighted by atomic mass is 9.98. The Morgan fingerprint density at radius 1 is 1.35 bits per heavy atom. The second-order valence-electron chi connectivity index (χ2n) is 6.36. The largest absolute Gasteiger partial charge is 0.492 e. The molecular formula is C18H23N5O3. The van der Waals surface area contributed by atoms with Crippen molar-refractivity contribution >= 4 is 17.5 Å². The average Bonchev–Trinajstić information content (AvgIpc) is 2.99. The maximum absolute atomic E-state index is 12.4. The Kier molecular flexibility index (Phi) is 5.50. The molecule has 1 aliphatic rings. The second-order valence-corrected chi connectivity index (χ2v) is 6.36. The molecule has 8 heteroatoms. The molecule has 1 unspecified atom stereocenters. The molecule has 2 heterocycles. The monoisotopic (exact) mass is 357 g/mol. The zero-order chi connectivity index (χ0) is 18.5. The number of rotatable bonds is 6. The van der Waals surface area contributed by atoms with E-state index in [1.165, 1.54) is 6.92 Å². The molecule has 1 atom stereocenters. The molecule has 2 amide bonds. The molecule has 0 saturated heterocycles. The van der Waals surface area contributed by atoms with E-state index in [1.807, 2.05) is 17.6 Å². The Bertz CT molecular complexity index is 802. The van der Waals surface area contributed by atoms with Crippen LogP contribution in [0.3, 0.4) is 0 Å². The van der Waals surface area contributed by atoms with Gasteiger partial charge < -0.3 is 19.9 Å². The van der Waals surface area contributed by atoms with E-state index < -0.39 is 0 Å². The minimum atomic E-state index is -0.131. The molecule has 8 nitrogen and oxygen atoms in total. The molecule has 0 radical (unpaired) electrons. The SMILES string of the molecule is CC(=O)Nc1cccc(OCCNC(=O)C2CCc3nnc(C)n3C2)c1. The van der Waals surface area contributed by atoms with E-state index >= 15 is 0 Å². The van der Waals surface area contributed by atoms with E-state index in [0.717, 1.165) is 24.5 Å². The summed E-state index contributed by atoms with van der Waals surface area (Å²) in [6.45, 7) is 4.77. The number of aryl methyl sites for hydroxylation is 2. The van der Waals surface area contributed by atoms with Crippen LogP contribution in [0.4, 0.5) is 5.69 Å². The van der Waals surface area contributed by atoms with Gasteiger partial charge in [0.1, 0.15) is 24.0 Å². The Balaban J connectivity index is 1.43. The molecule has 0 bridgehead atoms. The van der Waals surface area contributed by atoms with Gasteiger partial charge in [0.05, 0.1) is 12.5 Å². The zero-order valence-electron chi connectivity index (χ0n) is 15.0. The average molecular weight is 357 g/mol. The molecule has 2 aromatic rings. The van der Waals surface area contributed by atoms with Crippen molar-refractivity contribution in [3.05, 3.63) is 35.9 Å². The highest BCUT2D eigenvalue weighted by atomic mass is 16.5. The fourth-order valence-electron chi connectivity index (χ4n) is 3.03. The van der Waals surface area contributed by atoms with E-state index in [2.05, 4.69) is 20.8 Å². The summed E-state index contributed by atoms with van der Waals surface area (Å²) in [5, 5.41) is 13.8. The van der Waals surface area contributed by atoms with Gasteiger partial charge in [-0.25, -0.2) is 0 Å². The van der Waals surface area contributed by atoms with Crippen LogP contribution >= 0.6 is 0 Å². The first-order valence-corrected chi connectivity index (χ1v) is 8.70. The lowest BCUT2D eigenvalue weighted by molar-refractivity contribution is -0.126. The molecule has 1 aliphatic heterocycles. The Morgan fingerprint density at radius 3 is 3.00 bits per heavy atom. The molecular weight excluding hydrogens is 334 g/mol. The molecule has 3 rings (SSSR count). The van der Waals surface area contributed by atoms with Crippen molar-refractivity contribution in [1.29, 1.82) is 0 Å². The number of aromatic nitrogens is 3. The first kappa shape index (κ1) is 17.9. The van der Waals surface area contributed by atoms with Crippen LogP contribution < -0.4 is 15.4 Å². The van der Waals surface area contributed by atoms with Gasteiger partial charge in [-0.2, -0.15) is 0 Å². The van der Waals surface area contributed by atoms with Crippen LogP contribution in [0.25, 0.3) is 0 Å². The van der Waals surface area contributed by atoms with E-state index in [0.29, 0.717) is 31.1 Å². The van der Waals surface area contributed by atoms with Gasteiger partial charge in [0.25, 0.3) is 0 Å². The maximum atomic E-state index is 12.4. The predicted octanol–water partition coefficient (Wildman–Crippen LogP) is 1.30. The summed E-state index contributed by atoms with van der Waals surface area (Å²) in [5.74, 6) is 2.27. The third kappa shape index (κ3) is 4.38. The lowest BCUT2D eigenvalue weighted by Gasteiger charge is -2.23. The number of nitrogens with one attached hydrogen (secondary N) is 2. The summed E-state index contributed by atoms with van der Waals surface area (Å²) in [5.41, 5.74) is 0.682. The van der Waals surface area contributed by atoms with Gasteiger partial charge in [-0.3, -0.25) is 9.59 Å². The molecule has 1 aromatic carbocycles. The fourth-order valence-corrected chi connectivity index (χ4v) is 3.03. The summed E-state index contributed by atoms with van der Waals surface area (Å²) in [4.78, 5) is 23.4. The number of hydrogen-bond acceptors (Lipinski definition) is 5. The minimum Gasteiger partial charge on any atom is -0.492 e. The quantitative estimate of drug-likeness (QED) is 0.760. The first-order chi connectivity index (χ1) is 12.5. The van der Waals surface area contributed by atoms with Crippen LogP contribution in [0.1, 0.15) is 25.0 Å². The smallest absolute Gasteiger partial charge is 0.225 e. The highest BCUT2D eigenvalue weighted by molar-refractivity contribution is 5.88. The van der Waals surface area contributed by atoms with Gasteiger partial charge in [0.15, 0.2) is 0 Å². The van der Waals surface area contributed by atoms with Crippen molar-refractivity contribution < 1.29 is 14.3 Å². The maximum Gasteiger partial charge on any atom is 0.225 e. The van der Waals surface area contributed by atoms with Gasteiger partial charge in [-0.1, -0.05) is 6.07 Å². The van der Waals surface area contributed by atoms with Crippen molar-refractivity contribution in [1.82, 2.24) is 20.1 Å². The Labute approximate surface area is 151 Å². The van der Waals surface area contributed by atoms with E-state index in [9.17, 15) is 9.59 Å². The van der Waals surface area contributed by atoms with Crippen molar-refractivity contribution in [3.8, 4) is 5.75 Å². The number of hydrogen-bond donors (Lipinski definition) is 2. The first-order valence-electron chi connectivity index (χ1n) is 8.70. The van der Waals surface area contributed by atoms with Crippen LogP contribution in [-0.2, 0) is 22.6 Å². The fraction of sp³-hybridized carbons (Fsp3) is 0.444. The molecule has 0 aliphatic carbocycles. The molecule has 26 heavy (non-hydrogen) atoms. The molecule has 0 saturated carbocycles. The normalized spacial score (nSPS) is 15.8. The van der Waals surface area contributed by atoms with Crippen molar-refractivity contribution in [3.63, 3.8) is 0 Å². The van der Waals surface area contributed by atoms with Gasteiger partial charge in [-0.15, -0.1) is 10.2 Å². The number of ether oxygens (including phenoxy) is 1. The summed E-state index contributed by atoms with van der Waals surface area (Å²) < 4.78 is 7.65. The summed E-state index contributed by atoms with van der Waals surface area (Å²) in [7, 11) is 0. The number of nitrogens with zero attached hydrogens (tertiary/aromatic N) is 3. The lowest BCUT2D eigenvalue weighted by Crippen LogP contribution is -2.38. The van der Waals surface area contributed by atoms with Crippen molar-refractivity contribution in [2.45, 2.75) is 33.2 Å². The number of anilines is 1. The van der Waals surface area contributed by atoms with Gasteiger partial charge >= 0.3 is 0 Å². The van der Waals surface area contributed by atoms with Crippen LogP contribution in [-0.4, -0.2) is 39.7 Å². The number of fused-ring (bicyclic) bond motifs is 1. The van der Waals surface area contributed by atoms with Gasteiger partial charge in [0.2, 0.25) is 11.8 Å². The second kappa shape index (κ2) is 7.99. The third-order valence-electron chi connectivity index (χ3n) is 4.33. The van der Waals surface area contributed by atoms with Crippen LogP contribution in [0.2, 0.25) is 0 Å². The highest BCUT2D eigenvalue weighted by Crippen LogP contribution is 2.20. The minimum absolute atomic E-state index is 0.0272. The van der Waals surface area contributed by atoms with E-state index in [-0.39, 0.29) is 17.7 Å². The molecule has 0 spiro atoms. The van der Waals surface area contributed by atoms with Crippen LogP contribution in [0.5, 0.6) is 5.75 Å². The van der Waals surface area contributed by atoms with E-state index in [1.54, 1.807) is 18.2 Å². The van der Waals surface area contributed by atoms with Gasteiger partial charge in [0, 0.05) is 31.6 Å².